The lowest BCUT2D eigenvalue weighted by Crippen LogP contribution is -2.29. The van der Waals surface area contributed by atoms with Gasteiger partial charge in [0.25, 0.3) is 0 Å². The molecular weight excluding hydrogens is 398 g/mol. The van der Waals surface area contributed by atoms with Gasteiger partial charge in [-0.1, -0.05) is 0 Å². The normalized spacial score (nSPS) is 12.9. The van der Waals surface area contributed by atoms with Crippen LogP contribution in [0.3, 0.4) is 0 Å². The highest BCUT2D eigenvalue weighted by Gasteiger charge is 2.19. The number of nitrogens with one attached hydrogen (secondary N) is 1. The number of methoxy groups -OCH3 is 2. The molecule has 0 aliphatic carbocycles. The van der Waals surface area contributed by atoms with Crippen LogP contribution < -0.4 is 24.4 Å². The molecule has 5 rings (SSSR count). The zero-order chi connectivity index (χ0) is 21.4. The summed E-state index contributed by atoms with van der Waals surface area (Å²) in [6.07, 6.45) is 5.22. The monoisotopic (exact) mass is 419 g/mol. The van der Waals surface area contributed by atoms with Crippen LogP contribution >= 0.6 is 0 Å². The number of hydrogen-bond donors (Lipinski definition) is 1. The van der Waals surface area contributed by atoms with Gasteiger partial charge in [0, 0.05) is 43.0 Å². The van der Waals surface area contributed by atoms with Crippen molar-refractivity contribution in [1.29, 1.82) is 0 Å². The molecule has 4 heterocycles. The molecule has 0 unspecified atom stereocenters. The second kappa shape index (κ2) is 7.63. The highest BCUT2D eigenvalue weighted by molar-refractivity contribution is 5.76. The molecule has 3 aromatic heterocycles. The van der Waals surface area contributed by atoms with Crippen molar-refractivity contribution in [3.8, 4) is 28.5 Å². The minimum Gasteiger partial charge on any atom is -0.493 e. The van der Waals surface area contributed by atoms with Crippen LogP contribution in [-0.4, -0.2) is 59.0 Å². The van der Waals surface area contributed by atoms with Crippen molar-refractivity contribution in [3.05, 3.63) is 42.9 Å². The summed E-state index contributed by atoms with van der Waals surface area (Å²) in [5.74, 6) is 3.25. The fourth-order valence-corrected chi connectivity index (χ4v) is 3.48. The molecule has 0 bridgehead atoms. The third-order valence-corrected chi connectivity index (χ3v) is 5.05. The first-order valence-electron chi connectivity index (χ1n) is 9.71. The van der Waals surface area contributed by atoms with Crippen molar-refractivity contribution in [2.45, 2.75) is 0 Å². The van der Waals surface area contributed by atoms with Crippen LogP contribution in [-0.2, 0) is 0 Å². The summed E-state index contributed by atoms with van der Waals surface area (Å²) in [6, 6.07) is 7.45. The van der Waals surface area contributed by atoms with E-state index < -0.39 is 0 Å². The second-order valence-electron chi connectivity index (χ2n) is 6.99. The van der Waals surface area contributed by atoms with E-state index in [0.717, 1.165) is 29.4 Å². The van der Waals surface area contributed by atoms with Crippen molar-refractivity contribution in [2.75, 3.05) is 44.6 Å². The maximum absolute atomic E-state index is 5.78. The summed E-state index contributed by atoms with van der Waals surface area (Å²) in [5, 5.41) is 7.71. The van der Waals surface area contributed by atoms with Gasteiger partial charge in [0.05, 0.1) is 20.8 Å². The number of fused-ring (bicyclic) bond motifs is 2. The van der Waals surface area contributed by atoms with Crippen LogP contribution in [0, 0.1) is 0 Å². The van der Waals surface area contributed by atoms with E-state index in [9.17, 15) is 0 Å². The van der Waals surface area contributed by atoms with E-state index in [1.165, 1.54) is 0 Å². The van der Waals surface area contributed by atoms with Gasteiger partial charge >= 0.3 is 0 Å². The Bertz CT molecular complexity index is 1260. The number of rotatable bonds is 5. The first-order valence-corrected chi connectivity index (χ1v) is 9.71. The van der Waals surface area contributed by atoms with E-state index in [4.69, 9.17) is 14.2 Å². The zero-order valence-corrected chi connectivity index (χ0v) is 17.4. The average molecular weight is 419 g/mol. The van der Waals surface area contributed by atoms with E-state index in [1.807, 2.05) is 31.3 Å². The first kappa shape index (κ1) is 18.9. The van der Waals surface area contributed by atoms with Crippen LogP contribution in [0.2, 0.25) is 0 Å². The number of aromatic nitrogens is 5. The largest absolute Gasteiger partial charge is 0.493 e. The maximum atomic E-state index is 5.78. The maximum Gasteiger partial charge on any atom is 0.247 e. The molecule has 10 heteroatoms. The van der Waals surface area contributed by atoms with E-state index in [-0.39, 0.29) is 0 Å². The van der Waals surface area contributed by atoms with Gasteiger partial charge in [-0.15, -0.1) is 5.10 Å². The quantitative estimate of drug-likeness (QED) is 0.523. The Morgan fingerprint density at radius 2 is 1.97 bits per heavy atom. The molecule has 0 atom stereocenters. The molecular formula is C21H21N7O3. The van der Waals surface area contributed by atoms with Crippen molar-refractivity contribution < 1.29 is 14.2 Å². The number of likely N-dealkylation sites (N-methyl/N-ethyl adjacent to an activating group) is 1. The Labute approximate surface area is 178 Å². The van der Waals surface area contributed by atoms with Gasteiger partial charge in [0.1, 0.15) is 12.3 Å². The predicted octanol–water partition coefficient (Wildman–Crippen LogP) is 2.78. The Balaban J connectivity index is 1.50. The zero-order valence-electron chi connectivity index (χ0n) is 17.4. The molecule has 1 N–H and O–H groups in total. The Hall–Kier alpha value is -4.08. The number of anilines is 3. The Kier molecular flexibility index (Phi) is 4.66. The van der Waals surface area contributed by atoms with E-state index in [1.54, 1.807) is 37.3 Å². The summed E-state index contributed by atoms with van der Waals surface area (Å²) in [4.78, 5) is 15.8. The lowest BCUT2D eigenvalue weighted by Gasteiger charge is -2.26. The molecule has 0 amide bonds. The third-order valence-electron chi connectivity index (χ3n) is 5.05. The van der Waals surface area contributed by atoms with Crippen LogP contribution in [0.15, 0.2) is 42.9 Å². The van der Waals surface area contributed by atoms with Crippen LogP contribution in [0.1, 0.15) is 0 Å². The summed E-state index contributed by atoms with van der Waals surface area (Å²) in [5.41, 5.74) is 2.86. The molecule has 0 saturated carbocycles. The minimum absolute atomic E-state index is 0.434. The van der Waals surface area contributed by atoms with Gasteiger partial charge in [-0.3, -0.25) is 4.98 Å². The molecule has 4 aromatic rings. The highest BCUT2D eigenvalue weighted by Crippen LogP contribution is 2.34. The lowest BCUT2D eigenvalue weighted by molar-refractivity contribution is 0.309. The second-order valence-corrected chi connectivity index (χ2v) is 6.99. The molecule has 1 aliphatic heterocycles. The number of pyridine rings is 1. The first-order chi connectivity index (χ1) is 15.2. The molecule has 1 aromatic carbocycles. The summed E-state index contributed by atoms with van der Waals surface area (Å²) in [7, 11) is 5.19. The van der Waals surface area contributed by atoms with E-state index >= 15 is 0 Å². The standard InChI is InChI=1S/C21H21N7O3/c1-27-8-9-31-17-10-13(12-23-19(17)27)18-20-25-21(26-28(20)7-6-22-18)24-14-4-5-15(29-2)16(11-14)30-3/h4-7,10-12H,8-9H2,1-3H3,(H,24,26). The molecule has 10 nitrogen and oxygen atoms in total. The van der Waals surface area contributed by atoms with Crippen LogP contribution in [0.5, 0.6) is 17.2 Å². The van der Waals surface area contributed by atoms with Gasteiger partial charge in [-0.25, -0.2) is 9.50 Å². The summed E-state index contributed by atoms with van der Waals surface area (Å²) in [6.45, 7) is 1.43. The predicted molar refractivity (Wildman–Crippen MR) is 116 cm³/mol. The van der Waals surface area contributed by atoms with Crippen molar-refractivity contribution in [3.63, 3.8) is 0 Å². The summed E-state index contributed by atoms with van der Waals surface area (Å²) >= 11 is 0. The molecule has 0 saturated heterocycles. The van der Waals surface area contributed by atoms with Crippen molar-refractivity contribution in [2.24, 2.45) is 0 Å². The Morgan fingerprint density at radius 1 is 1.10 bits per heavy atom. The van der Waals surface area contributed by atoms with Crippen LogP contribution in [0.25, 0.3) is 16.9 Å². The third kappa shape index (κ3) is 3.41. The van der Waals surface area contributed by atoms with E-state index in [0.29, 0.717) is 35.4 Å². The number of nitrogens with zero attached hydrogens (tertiary/aromatic N) is 6. The summed E-state index contributed by atoms with van der Waals surface area (Å²) < 4.78 is 18.1. The minimum atomic E-state index is 0.434. The molecule has 0 fully saturated rings. The fourth-order valence-electron chi connectivity index (χ4n) is 3.48. The van der Waals surface area contributed by atoms with Crippen molar-refractivity contribution in [1.82, 2.24) is 24.6 Å². The lowest BCUT2D eigenvalue weighted by atomic mass is 10.2. The Morgan fingerprint density at radius 3 is 2.81 bits per heavy atom. The molecule has 0 radical (unpaired) electrons. The van der Waals surface area contributed by atoms with Gasteiger partial charge in [-0.2, -0.15) is 4.98 Å². The van der Waals surface area contributed by atoms with Gasteiger partial charge in [0.15, 0.2) is 28.7 Å². The van der Waals surface area contributed by atoms with Gasteiger partial charge < -0.3 is 24.4 Å². The molecule has 158 valence electrons. The smallest absolute Gasteiger partial charge is 0.247 e. The SMILES string of the molecule is COc1ccc(Nc2nc3c(-c4cnc5c(c4)OCCN5C)nccn3n2)cc1OC. The van der Waals surface area contributed by atoms with Crippen LogP contribution in [0.4, 0.5) is 17.5 Å². The van der Waals surface area contributed by atoms with E-state index in [2.05, 4.69) is 30.3 Å². The number of hydrogen-bond acceptors (Lipinski definition) is 9. The van der Waals surface area contributed by atoms with Crippen molar-refractivity contribution >= 4 is 23.1 Å². The number of benzene rings is 1. The number of ether oxygens (including phenoxy) is 3. The highest BCUT2D eigenvalue weighted by atomic mass is 16.5. The van der Waals surface area contributed by atoms with Gasteiger partial charge in [-0.05, 0) is 18.2 Å². The average Bonchev–Trinajstić information content (AvgIpc) is 3.21. The topological polar surface area (TPSA) is 98.9 Å². The molecule has 0 spiro atoms. The molecule has 1 aliphatic rings. The van der Waals surface area contributed by atoms with Gasteiger partial charge in [0.2, 0.25) is 5.95 Å². The molecule has 31 heavy (non-hydrogen) atoms. The fraction of sp³-hybridized carbons (Fsp3) is 0.238.